The third-order valence-corrected chi connectivity index (χ3v) is 4.08. The molecule has 1 aliphatic heterocycles. The number of hydrogen-bond acceptors (Lipinski definition) is 3. The van der Waals surface area contributed by atoms with Crippen molar-refractivity contribution in [1.82, 2.24) is 5.32 Å². The molecule has 4 heteroatoms. The lowest BCUT2D eigenvalue weighted by molar-refractivity contribution is -0.125. The molecular weight excluding hydrogens is 216 g/mol. The van der Waals surface area contributed by atoms with E-state index in [4.69, 9.17) is 10.5 Å². The molecule has 4 nitrogen and oxygen atoms in total. The highest BCUT2D eigenvalue weighted by molar-refractivity contribution is 5.79. The van der Waals surface area contributed by atoms with Crippen molar-refractivity contribution in [3.63, 3.8) is 0 Å². The zero-order valence-electron chi connectivity index (χ0n) is 10.7. The van der Waals surface area contributed by atoms with Crippen LogP contribution in [-0.4, -0.2) is 31.2 Å². The van der Waals surface area contributed by atoms with Crippen molar-refractivity contribution in [2.45, 2.75) is 51.2 Å². The number of carbonyl (C=O) groups is 1. The Hall–Kier alpha value is -0.610. The van der Waals surface area contributed by atoms with Crippen LogP contribution in [0.3, 0.4) is 0 Å². The quantitative estimate of drug-likeness (QED) is 0.775. The van der Waals surface area contributed by atoms with E-state index in [0.717, 1.165) is 25.8 Å². The van der Waals surface area contributed by atoms with Gasteiger partial charge >= 0.3 is 0 Å². The summed E-state index contributed by atoms with van der Waals surface area (Å²) in [4.78, 5) is 11.9. The van der Waals surface area contributed by atoms with Gasteiger partial charge in [0.15, 0.2) is 0 Å². The molecule has 0 radical (unpaired) electrons. The Morgan fingerprint density at radius 1 is 1.41 bits per heavy atom. The molecule has 1 aliphatic carbocycles. The molecule has 4 atom stereocenters. The Morgan fingerprint density at radius 2 is 2.18 bits per heavy atom. The van der Waals surface area contributed by atoms with Crippen LogP contribution in [0.25, 0.3) is 0 Å². The van der Waals surface area contributed by atoms with E-state index in [-0.39, 0.29) is 24.0 Å². The third-order valence-electron chi connectivity index (χ3n) is 4.08. The standard InChI is InChI=1S/C13H24N2O2/c1-9-6-11(8-17-9)13(16)15-7-10-4-2-3-5-12(10)14/h9-12H,2-8,14H2,1H3,(H,15,16). The van der Waals surface area contributed by atoms with Crippen LogP contribution in [0, 0.1) is 11.8 Å². The highest BCUT2D eigenvalue weighted by atomic mass is 16.5. The molecule has 0 bridgehead atoms. The zero-order valence-corrected chi connectivity index (χ0v) is 10.7. The van der Waals surface area contributed by atoms with E-state index in [9.17, 15) is 4.79 Å². The fraction of sp³-hybridized carbons (Fsp3) is 0.923. The minimum absolute atomic E-state index is 0.0461. The smallest absolute Gasteiger partial charge is 0.225 e. The minimum Gasteiger partial charge on any atom is -0.378 e. The molecule has 1 heterocycles. The van der Waals surface area contributed by atoms with Crippen molar-refractivity contribution < 1.29 is 9.53 Å². The van der Waals surface area contributed by atoms with Gasteiger partial charge in [0.1, 0.15) is 0 Å². The Morgan fingerprint density at radius 3 is 2.82 bits per heavy atom. The largest absolute Gasteiger partial charge is 0.378 e. The molecular formula is C13H24N2O2. The van der Waals surface area contributed by atoms with Crippen LogP contribution in [0.1, 0.15) is 39.0 Å². The van der Waals surface area contributed by atoms with Gasteiger partial charge in [-0.3, -0.25) is 4.79 Å². The number of carbonyl (C=O) groups excluding carboxylic acids is 1. The van der Waals surface area contributed by atoms with E-state index in [1.54, 1.807) is 0 Å². The normalized spacial score (nSPS) is 38.0. The van der Waals surface area contributed by atoms with Gasteiger partial charge in [0, 0.05) is 12.6 Å². The summed E-state index contributed by atoms with van der Waals surface area (Å²) >= 11 is 0. The average molecular weight is 240 g/mol. The van der Waals surface area contributed by atoms with Crippen molar-refractivity contribution >= 4 is 5.91 Å². The van der Waals surface area contributed by atoms with E-state index in [1.807, 2.05) is 6.92 Å². The highest BCUT2D eigenvalue weighted by Crippen LogP contribution is 2.23. The molecule has 1 amide bonds. The van der Waals surface area contributed by atoms with Gasteiger partial charge in [-0.25, -0.2) is 0 Å². The molecule has 0 spiro atoms. The van der Waals surface area contributed by atoms with Gasteiger partial charge in [-0.15, -0.1) is 0 Å². The number of rotatable bonds is 3. The number of nitrogens with two attached hydrogens (primary N) is 1. The maximum atomic E-state index is 11.9. The number of hydrogen-bond donors (Lipinski definition) is 2. The first-order valence-electron chi connectivity index (χ1n) is 6.81. The molecule has 98 valence electrons. The second-order valence-corrected chi connectivity index (χ2v) is 5.53. The topological polar surface area (TPSA) is 64.4 Å². The highest BCUT2D eigenvalue weighted by Gasteiger charge is 2.29. The van der Waals surface area contributed by atoms with Gasteiger partial charge in [0.05, 0.1) is 18.6 Å². The van der Waals surface area contributed by atoms with Crippen LogP contribution in [0.5, 0.6) is 0 Å². The van der Waals surface area contributed by atoms with E-state index < -0.39 is 0 Å². The molecule has 1 saturated carbocycles. The van der Waals surface area contributed by atoms with Crippen molar-refractivity contribution in [2.75, 3.05) is 13.2 Å². The second-order valence-electron chi connectivity index (χ2n) is 5.53. The maximum absolute atomic E-state index is 11.9. The van der Waals surface area contributed by atoms with E-state index in [1.165, 1.54) is 12.8 Å². The molecule has 2 rings (SSSR count). The predicted octanol–water partition coefficient (Wildman–Crippen LogP) is 1.05. The molecule has 1 saturated heterocycles. The van der Waals surface area contributed by atoms with Crippen molar-refractivity contribution in [1.29, 1.82) is 0 Å². The van der Waals surface area contributed by atoms with Crippen molar-refractivity contribution in [3.8, 4) is 0 Å². The Balaban J connectivity index is 1.72. The van der Waals surface area contributed by atoms with Crippen LogP contribution in [0.15, 0.2) is 0 Å². The first kappa shape index (κ1) is 12.8. The summed E-state index contributed by atoms with van der Waals surface area (Å²) in [6.07, 6.45) is 5.81. The van der Waals surface area contributed by atoms with Gasteiger partial charge in [0.25, 0.3) is 0 Å². The first-order chi connectivity index (χ1) is 8.16. The molecule has 0 aromatic carbocycles. The summed E-state index contributed by atoms with van der Waals surface area (Å²) in [5.74, 6) is 0.657. The molecule has 0 aromatic rings. The van der Waals surface area contributed by atoms with Gasteiger partial charge in [0.2, 0.25) is 5.91 Å². The van der Waals surface area contributed by atoms with Crippen LogP contribution in [-0.2, 0) is 9.53 Å². The van der Waals surface area contributed by atoms with Crippen LogP contribution < -0.4 is 11.1 Å². The second kappa shape index (κ2) is 5.83. The van der Waals surface area contributed by atoms with E-state index in [0.29, 0.717) is 12.5 Å². The summed E-state index contributed by atoms with van der Waals surface area (Å²) in [6.45, 7) is 3.33. The van der Waals surface area contributed by atoms with Gasteiger partial charge in [-0.2, -0.15) is 0 Å². The summed E-state index contributed by atoms with van der Waals surface area (Å²) < 4.78 is 5.41. The average Bonchev–Trinajstić information content (AvgIpc) is 2.74. The Labute approximate surface area is 103 Å². The molecule has 3 N–H and O–H groups in total. The third kappa shape index (κ3) is 3.42. The summed E-state index contributed by atoms with van der Waals surface area (Å²) in [7, 11) is 0. The van der Waals surface area contributed by atoms with Gasteiger partial charge in [-0.1, -0.05) is 12.8 Å². The van der Waals surface area contributed by atoms with E-state index >= 15 is 0 Å². The summed E-state index contributed by atoms with van der Waals surface area (Å²) in [6, 6.07) is 0.266. The number of amides is 1. The lowest BCUT2D eigenvalue weighted by Gasteiger charge is -2.28. The van der Waals surface area contributed by atoms with Gasteiger partial charge < -0.3 is 15.8 Å². The minimum atomic E-state index is 0.0461. The molecule has 2 fully saturated rings. The van der Waals surface area contributed by atoms with E-state index in [2.05, 4.69) is 5.32 Å². The van der Waals surface area contributed by atoms with Crippen molar-refractivity contribution in [3.05, 3.63) is 0 Å². The lowest BCUT2D eigenvalue weighted by Crippen LogP contribution is -2.42. The molecule has 0 aromatic heterocycles. The fourth-order valence-corrected chi connectivity index (χ4v) is 2.87. The Kier molecular flexibility index (Phi) is 4.40. The zero-order chi connectivity index (χ0) is 12.3. The van der Waals surface area contributed by atoms with Gasteiger partial charge in [-0.05, 0) is 32.1 Å². The van der Waals surface area contributed by atoms with Crippen LogP contribution >= 0.6 is 0 Å². The SMILES string of the molecule is CC1CC(C(=O)NCC2CCCCC2N)CO1. The molecule has 4 unspecified atom stereocenters. The number of ether oxygens (including phenoxy) is 1. The maximum Gasteiger partial charge on any atom is 0.225 e. The first-order valence-corrected chi connectivity index (χ1v) is 6.81. The fourth-order valence-electron chi connectivity index (χ4n) is 2.87. The Bertz CT molecular complexity index is 270. The summed E-state index contributed by atoms with van der Waals surface area (Å²) in [5.41, 5.74) is 6.06. The molecule has 2 aliphatic rings. The van der Waals surface area contributed by atoms with Crippen LogP contribution in [0.4, 0.5) is 0 Å². The predicted molar refractivity (Wildman–Crippen MR) is 66.5 cm³/mol. The monoisotopic (exact) mass is 240 g/mol. The van der Waals surface area contributed by atoms with Crippen LogP contribution in [0.2, 0.25) is 0 Å². The van der Waals surface area contributed by atoms with Crippen molar-refractivity contribution in [2.24, 2.45) is 17.6 Å². The summed E-state index contributed by atoms with van der Waals surface area (Å²) in [5, 5.41) is 3.05. The molecule has 17 heavy (non-hydrogen) atoms. The lowest BCUT2D eigenvalue weighted by atomic mass is 9.85. The number of nitrogens with one attached hydrogen (secondary N) is 1.